The molecule has 1 saturated carbocycles. The third-order valence-electron chi connectivity index (χ3n) is 3.33. The Bertz CT molecular complexity index is 174. The van der Waals surface area contributed by atoms with Gasteiger partial charge in [0, 0.05) is 6.61 Å². The van der Waals surface area contributed by atoms with Crippen LogP contribution in [0.2, 0.25) is 0 Å². The lowest BCUT2D eigenvalue weighted by molar-refractivity contribution is 0.0864. The van der Waals surface area contributed by atoms with E-state index in [2.05, 4.69) is 27.4 Å². The molecule has 1 nitrogen and oxygen atoms in total. The van der Waals surface area contributed by atoms with Gasteiger partial charge in [-0.05, 0) is 44.4 Å². The van der Waals surface area contributed by atoms with Crippen LogP contribution in [0.1, 0.15) is 33.6 Å². The van der Waals surface area contributed by atoms with Crippen molar-refractivity contribution in [3.63, 3.8) is 0 Å². The molecule has 1 rings (SSSR count). The van der Waals surface area contributed by atoms with Crippen LogP contribution >= 0.6 is 0 Å². The maximum atomic E-state index is 5.53. The summed E-state index contributed by atoms with van der Waals surface area (Å²) in [6, 6.07) is 0. The summed E-state index contributed by atoms with van der Waals surface area (Å²) in [5.41, 5.74) is 1.34. The van der Waals surface area contributed by atoms with Crippen LogP contribution in [-0.4, -0.2) is 13.2 Å². The zero-order valence-corrected chi connectivity index (χ0v) is 9.18. The highest BCUT2D eigenvalue weighted by molar-refractivity contribution is 5.03. The molecule has 1 fully saturated rings. The number of hydrogen-bond acceptors (Lipinski definition) is 1. The highest BCUT2D eigenvalue weighted by Gasteiger charge is 2.33. The molecule has 0 N–H and O–H groups in total. The van der Waals surface area contributed by atoms with Crippen molar-refractivity contribution >= 4 is 0 Å². The first kappa shape index (κ1) is 10.8. The molecule has 3 atom stereocenters. The molecule has 1 aliphatic rings. The van der Waals surface area contributed by atoms with Gasteiger partial charge in [-0.15, -0.1) is 0 Å². The minimum atomic E-state index is 0.710. The first-order chi connectivity index (χ1) is 6.16. The summed E-state index contributed by atoms with van der Waals surface area (Å²) in [6.07, 6.45) is 2.66. The van der Waals surface area contributed by atoms with E-state index in [1.165, 1.54) is 18.4 Å². The van der Waals surface area contributed by atoms with Gasteiger partial charge in [-0.2, -0.15) is 0 Å². The fraction of sp³-hybridized carbons (Fsp3) is 0.833. The van der Waals surface area contributed by atoms with E-state index >= 15 is 0 Å². The minimum absolute atomic E-state index is 0.710. The molecule has 1 heteroatoms. The third-order valence-corrected chi connectivity index (χ3v) is 3.33. The van der Waals surface area contributed by atoms with Gasteiger partial charge in [-0.1, -0.05) is 19.1 Å². The average Bonchev–Trinajstić information content (AvgIpc) is 2.43. The Labute approximate surface area is 82.2 Å². The fourth-order valence-electron chi connectivity index (χ4n) is 2.41. The van der Waals surface area contributed by atoms with Crippen molar-refractivity contribution in [2.45, 2.75) is 33.6 Å². The monoisotopic (exact) mass is 182 g/mol. The Morgan fingerprint density at radius 2 is 2.15 bits per heavy atom. The number of rotatable bonds is 4. The van der Waals surface area contributed by atoms with Gasteiger partial charge in [0.15, 0.2) is 0 Å². The van der Waals surface area contributed by atoms with Crippen molar-refractivity contribution in [3.05, 3.63) is 12.2 Å². The Kier molecular flexibility index (Phi) is 3.98. The van der Waals surface area contributed by atoms with Gasteiger partial charge in [0.2, 0.25) is 0 Å². The largest absolute Gasteiger partial charge is 0.381 e. The lowest BCUT2D eigenvalue weighted by Crippen LogP contribution is -2.20. The average molecular weight is 182 g/mol. The molecule has 0 amide bonds. The molecule has 0 aromatic heterocycles. The highest BCUT2D eigenvalue weighted by Crippen LogP contribution is 2.40. The summed E-state index contributed by atoms with van der Waals surface area (Å²) in [6.45, 7) is 12.4. The predicted octanol–water partition coefficient (Wildman–Crippen LogP) is 3.26. The Hall–Kier alpha value is -0.300. The summed E-state index contributed by atoms with van der Waals surface area (Å²) in [5, 5.41) is 0. The van der Waals surface area contributed by atoms with Crippen molar-refractivity contribution in [2.75, 3.05) is 13.2 Å². The first-order valence-electron chi connectivity index (χ1n) is 5.40. The second kappa shape index (κ2) is 4.80. The zero-order chi connectivity index (χ0) is 9.84. The van der Waals surface area contributed by atoms with Crippen LogP contribution in [0.25, 0.3) is 0 Å². The second-order valence-corrected chi connectivity index (χ2v) is 4.33. The van der Waals surface area contributed by atoms with E-state index < -0.39 is 0 Å². The maximum absolute atomic E-state index is 5.53. The third kappa shape index (κ3) is 2.57. The number of hydrogen-bond donors (Lipinski definition) is 0. The molecule has 0 bridgehead atoms. The van der Waals surface area contributed by atoms with Crippen molar-refractivity contribution in [1.82, 2.24) is 0 Å². The predicted molar refractivity (Wildman–Crippen MR) is 56.7 cm³/mol. The van der Waals surface area contributed by atoms with E-state index in [4.69, 9.17) is 4.74 Å². The van der Waals surface area contributed by atoms with Crippen LogP contribution in [0.5, 0.6) is 0 Å². The molecule has 0 radical (unpaired) electrons. The molecule has 0 aromatic rings. The fourth-order valence-corrected chi connectivity index (χ4v) is 2.41. The van der Waals surface area contributed by atoms with Crippen molar-refractivity contribution in [1.29, 1.82) is 0 Å². The van der Waals surface area contributed by atoms with Gasteiger partial charge < -0.3 is 4.74 Å². The summed E-state index contributed by atoms with van der Waals surface area (Å²) in [7, 11) is 0. The Balaban J connectivity index is 2.50. The van der Waals surface area contributed by atoms with E-state index in [0.717, 1.165) is 25.0 Å². The van der Waals surface area contributed by atoms with Crippen molar-refractivity contribution in [3.8, 4) is 0 Å². The van der Waals surface area contributed by atoms with Gasteiger partial charge in [-0.25, -0.2) is 0 Å². The molecule has 0 spiro atoms. The minimum Gasteiger partial charge on any atom is -0.381 e. The normalized spacial score (nSPS) is 33.6. The molecule has 1 aliphatic carbocycles. The topological polar surface area (TPSA) is 9.23 Å². The molecule has 76 valence electrons. The van der Waals surface area contributed by atoms with E-state index in [1.807, 2.05) is 0 Å². The summed E-state index contributed by atoms with van der Waals surface area (Å²) >= 11 is 0. The van der Waals surface area contributed by atoms with E-state index in [1.54, 1.807) is 0 Å². The smallest absolute Gasteiger partial charge is 0.0502 e. The van der Waals surface area contributed by atoms with Crippen molar-refractivity contribution < 1.29 is 4.74 Å². The molecule has 13 heavy (non-hydrogen) atoms. The molecular formula is C12H22O. The van der Waals surface area contributed by atoms with Crippen LogP contribution in [0.3, 0.4) is 0 Å². The van der Waals surface area contributed by atoms with Crippen molar-refractivity contribution in [2.24, 2.45) is 17.8 Å². The van der Waals surface area contributed by atoms with E-state index in [-0.39, 0.29) is 0 Å². The Morgan fingerprint density at radius 1 is 1.46 bits per heavy atom. The lowest BCUT2D eigenvalue weighted by Gasteiger charge is -2.22. The number of allylic oxidation sites excluding steroid dienone is 1. The van der Waals surface area contributed by atoms with E-state index in [0.29, 0.717) is 5.92 Å². The molecule has 0 aliphatic heterocycles. The summed E-state index contributed by atoms with van der Waals surface area (Å²) in [4.78, 5) is 0. The Morgan fingerprint density at radius 3 is 2.69 bits per heavy atom. The molecular weight excluding hydrogens is 160 g/mol. The molecule has 0 saturated heterocycles. The van der Waals surface area contributed by atoms with Crippen LogP contribution in [0.15, 0.2) is 12.2 Å². The van der Waals surface area contributed by atoms with Gasteiger partial charge in [0.1, 0.15) is 0 Å². The van der Waals surface area contributed by atoms with Crippen LogP contribution < -0.4 is 0 Å². The summed E-state index contributed by atoms with van der Waals surface area (Å²) < 4.78 is 5.53. The number of ether oxygens (including phenoxy) is 1. The van der Waals surface area contributed by atoms with Gasteiger partial charge in [-0.3, -0.25) is 0 Å². The SMILES string of the molecule is C=C(C)C1CCC(C)C1COCC. The molecule has 3 unspecified atom stereocenters. The van der Waals surface area contributed by atoms with Crippen LogP contribution in [0, 0.1) is 17.8 Å². The standard InChI is InChI=1S/C12H22O/c1-5-13-8-12-10(4)6-7-11(12)9(2)3/h10-12H,2,5-8H2,1,3-4H3. The molecule has 0 heterocycles. The maximum Gasteiger partial charge on any atom is 0.0502 e. The van der Waals surface area contributed by atoms with Gasteiger partial charge >= 0.3 is 0 Å². The zero-order valence-electron chi connectivity index (χ0n) is 9.18. The second-order valence-electron chi connectivity index (χ2n) is 4.33. The highest BCUT2D eigenvalue weighted by atomic mass is 16.5. The quantitative estimate of drug-likeness (QED) is 0.606. The van der Waals surface area contributed by atoms with E-state index in [9.17, 15) is 0 Å². The van der Waals surface area contributed by atoms with Gasteiger partial charge in [0.05, 0.1) is 6.61 Å². The van der Waals surface area contributed by atoms with Gasteiger partial charge in [0.25, 0.3) is 0 Å². The first-order valence-corrected chi connectivity index (χ1v) is 5.40. The summed E-state index contributed by atoms with van der Waals surface area (Å²) in [5.74, 6) is 2.24. The van der Waals surface area contributed by atoms with Crippen LogP contribution in [0.4, 0.5) is 0 Å². The lowest BCUT2D eigenvalue weighted by atomic mass is 9.87. The molecule has 0 aromatic carbocycles. The van der Waals surface area contributed by atoms with Crippen LogP contribution in [-0.2, 0) is 4.74 Å².